The largest absolute Gasteiger partial charge is 0.485 e. The SMILES string of the molecule is O=C(Nc1cc(-c2[nH]c3c(OCC(F)F)ccnc3c2-c2ccccn2)ccn1)[C@@H](CC(F)F)c1ccc(F)cc1. The number of aromatic amines is 1. The number of halogens is 5. The molecule has 0 fully saturated rings. The second kappa shape index (κ2) is 12.1. The average molecular weight is 568 g/mol. The van der Waals surface area contributed by atoms with Gasteiger partial charge < -0.3 is 15.0 Å². The number of anilines is 1. The molecule has 0 saturated heterocycles. The zero-order chi connectivity index (χ0) is 28.9. The Morgan fingerprint density at radius 2 is 1.68 bits per heavy atom. The molecule has 0 bridgehead atoms. The fourth-order valence-corrected chi connectivity index (χ4v) is 4.45. The summed E-state index contributed by atoms with van der Waals surface area (Å²) in [5, 5.41) is 2.58. The molecule has 0 unspecified atom stereocenters. The van der Waals surface area contributed by atoms with Crippen LogP contribution in [0.15, 0.2) is 79.3 Å². The molecule has 0 radical (unpaired) electrons. The van der Waals surface area contributed by atoms with E-state index in [1.165, 1.54) is 36.7 Å². The third-order valence-corrected chi connectivity index (χ3v) is 6.24. The third-order valence-electron chi connectivity index (χ3n) is 6.24. The number of alkyl halides is 4. The molecule has 0 aliphatic heterocycles. The summed E-state index contributed by atoms with van der Waals surface area (Å²) in [5.41, 5.74) is 3.09. The van der Waals surface area contributed by atoms with E-state index in [2.05, 4.69) is 25.3 Å². The van der Waals surface area contributed by atoms with Crippen LogP contribution in [0, 0.1) is 5.82 Å². The monoisotopic (exact) mass is 567 g/mol. The molecule has 2 N–H and O–H groups in total. The molecule has 210 valence electrons. The Balaban J connectivity index is 1.53. The average Bonchev–Trinajstić information content (AvgIpc) is 3.36. The highest BCUT2D eigenvalue weighted by Crippen LogP contribution is 2.39. The van der Waals surface area contributed by atoms with E-state index in [0.717, 1.165) is 12.1 Å². The van der Waals surface area contributed by atoms with Crippen molar-refractivity contribution in [2.75, 3.05) is 11.9 Å². The molecule has 0 saturated carbocycles. The van der Waals surface area contributed by atoms with Crippen molar-refractivity contribution >= 4 is 22.8 Å². The Hall–Kier alpha value is -4.87. The predicted molar refractivity (Wildman–Crippen MR) is 142 cm³/mol. The van der Waals surface area contributed by atoms with E-state index >= 15 is 0 Å². The van der Waals surface area contributed by atoms with Crippen molar-refractivity contribution in [1.82, 2.24) is 19.9 Å². The standard InChI is InChI=1S/C29H22F5N5O2/c30-18-6-4-16(5-7-18)19(14-22(31)32)29(40)38-24-13-17(8-11-36-24)26-25(20-3-1-2-10-35-20)28-27(39-26)21(9-12-37-28)41-15-23(33)34/h1-13,19,22-23,39H,14-15H2,(H,36,38,40)/t19-/m0/s1. The molecule has 5 aromatic rings. The van der Waals surface area contributed by atoms with Gasteiger partial charge >= 0.3 is 0 Å². The number of nitrogens with zero attached hydrogens (tertiary/aromatic N) is 3. The van der Waals surface area contributed by atoms with E-state index in [4.69, 9.17) is 4.74 Å². The minimum atomic E-state index is -2.78. The van der Waals surface area contributed by atoms with Crippen LogP contribution in [0.4, 0.5) is 27.8 Å². The number of hydrogen-bond donors (Lipinski definition) is 2. The molecule has 12 heteroatoms. The van der Waals surface area contributed by atoms with Crippen LogP contribution in [-0.2, 0) is 4.79 Å². The second-order valence-corrected chi connectivity index (χ2v) is 8.97. The molecule has 1 atom stereocenters. The molecule has 4 aromatic heterocycles. The van der Waals surface area contributed by atoms with Crippen LogP contribution in [-0.4, -0.2) is 45.3 Å². The zero-order valence-electron chi connectivity index (χ0n) is 21.2. The number of fused-ring (bicyclic) bond motifs is 1. The molecule has 0 aliphatic rings. The molecule has 7 nitrogen and oxygen atoms in total. The van der Waals surface area contributed by atoms with Crippen molar-refractivity contribution < 1.29 is 31.5 Å². The smallest absolute Gasteiger partial charge is 0.272 e. The van der Waals surface area contributed by atoms with Crippen LogP contribution in [0.2, 0.25) is 0 Å². The lowest BCUT2D eigenvalue weighted by molar-refractivity contribution is -0.118. The van der Waals surface area contributed by atoms with Gasteiger partial charge in [-0.25, -0.2) is 26.9 Å². The predicted octanol–water partition coefficient (Wildman–Crippen LogP) is 6.85. The highest BCUT2D eigenvalue weighted by molar-refractivity contribution is 6.03. The second-order valence-electron chi connectivity index (χ2n) is 8.97. The third kappa shape index (κ3) is 6.32. The maximum absolute atomic E-state index is 13.4. The van der Waals surface area contributed by atoms with E-state index in [0.29, 0.717) is 33.5 Å². The number of hydrogen-bond acceptors (Lipinski definition) is 5. The van der Waals surface area contributed by atoms with E-state index in [1.807, 2.05) is 0 Å². The number of H-pyrrole nitrogens is 1. The van der Waals surface area contributed by atoms with Gasteiger partial charge in [0.05, 0.1) is 22.9 Å². The van der Waals surface area contributed by atoms with Gasteiger partial charge in [-0.1, -0.05) is 18.2 Å². The van der Waals surface area contributed by atoms with Crippen LogP contribution >= 0.6 is 0 Å². The Bertz CT molecular complexity index is 1650. The van der Waals surface area contributed by atoms with Crippen molar-refractivity contribution in [3.8, 4) is 28.3 Å². The van der Waals surface area contributed by atoms with Gasteiger partial charge in [0.15, 0.2) is 0 Å². The first-order valence-electron chi connectivity index (χ1n) is 12.4. The lowest BCUT2D eigenvalue weighted by Crippen LogP contribution is -2.23. The van der Waals surface area contributed by atoms with Gasteiger partial charge in [-0.2, -0.15) is 0 Å². The number of rotatable bonds is 10. The van der Waals surface area contributed by atoms with Gasteiger partial charge in [0, 0.05) is 36.6 Å². The first-order chi connectivity index (χ1) is 19.8. The first kappa shape index (κ1) is 27.7. The number of aromatic nitrogens is 4. The van der Waals surface area contributed by atoms with Crippen molar-refractivity contribution in [2.24, 2.45) is 0 Å². The molecule has 1 amide bonds. The summed E-state index contributed by atoms with van der Waals surface area (Å²) in [6, 6.07) is 14.7. The Morgan fingerprint density at radius 3 is 2.39 bits per heavy atom. The number of amides is 1. The van der Waals surface area contributed by atoms with Crippen molar-refractivity contribution in [3.63, 3.8) is 0 Å². The molecule has 4 heterocycles. The Morgan fingerprint density at radius 1 is 0.902 bits per heavy atom. The maximum Gasteiger partial charge on any atom is 0.272 e. The maximum atomic E-state index is 13.4. The normalized spacial score (nSPS) is 12.2. The van der Waals surface area contributed by atoms with E-state index in [-0.39, 0.29) is 17.1 Å². The summed E-state index contributed by atoms with van der Waals surface area (Å²) in [5.74, 6) is -2.32. The fraction of sp³-hybridized carbons (Fsp3) is 0.172. The van der Waals surface area contributed by atoms with Gasteiger partial charge in [0.25, 0.3) is 6.43 Å². The number of ether oxygens (including phenoxy) is 1. The van der Waals surface area contributed by atoms with Gasteiger partial charge in [-0.3, -0.25) is 14.8 Å². The molecule has 0 aliphatic carbocycles. The number of benzene rings is 1. The van der Waals surface area contributed by atoms with Crippen LogP contribution < -0.4 is 10.1 Å². The van der Waals surface area contributed by atoms with E-state index < -0.39 is 43.5 Å². The van der Waals surface area contributed by atoms with Crippen LogP contribution in [0.3, 0.4) is 0 Å². The van der Waals surface area contributed by atoms with Gasteiger partial charge in [-0.15, -0.1) is 0 Å². The van der Waals surface area contributed by atoms with Gasteiger partial charge in [0.1, 0.15) is 35.0 Å². The van der Waals surface area contributed by atoms with Gasteiger partial charge in [0.2, 0.25) is 12.3 Å². The van der Waals surface area contributed by atoms with Crippen molar-refractivity contribution in [3.05, 3.63) is 90.6 Å². The van der Waals surface area contributed by atoms with Crippen molar-refractivity contribution in [2.45, 2.75) is 25.2 Å². The number of nitrogens with one attached hydrogen (secondary N) is 2. The van der Waals surface area contributed by atoms with Crippen LogP contribution in [0.1, 0.15) is 17.9 Å². The molecular weight excluding hydrogens is 545 g/mol. The number of carbonyl (C=O) groups is 1. The molecule has 41 heavy (non-hydrogen) atoms. The minimum Gasteiger partial charge on any atom is -0.485 e. The Kier molecular flexibility index (Phi) is 8.18. The highest BCUT2D eigenvalue weighted by atomic mass is 19.3. The summed E-state index contributed by atoms with van der Waals surface area (Å²) >= 11 is 0. The number of pyridine rings is 3. The van der Waals surface area contributed by atoms with E-state index in [1.54, 1.807) is 30.5 Å². The zero-order valence-corrected chi connectivity index (χ0v) is 21.2. The first-order valence-corrected chi connectivity index (χ1v) is 12.4. The summed E-state index contributed by atoms with van der Waals surface area (Å²) in [6.07, 6.45) is -1.79. The minimum absolute atomic E-state index is 0.0710. The van der Waals surface area contributed by atoms with Crippen molar-refractivity contribution in [1.29, 1.82) is 0 Å². The topological polar surface area (TPSA) is 92.8 Å². The lowest BCUT2D eigenvalue weighted by atomic mass is 9.95. The summed E-state index contributed by atoms with van der Waals surface area (Å²) in [6.45, 7) is -0.814. The summed E-state index contributed by atoms with van der Waals surface area (Å²) < 4.78 is 71.1. The Labute approximate surface area is 230 Å². The highest BCUT2D eigenvalue weighted by Gasteiger charge is 2.26. The summed E-state index contributed by atoms with van der Waals surface area (Å²) in [4.78, 5) is 29.3. The van der Waals surface area contributed by atoms with E-state index in [9.17, 15) is 26.7 Å². The fourth-order valence-electron chi connectivity index (χ4n) is 4.45. The number of carbonyl (C=O) groups excluding carboxylic acids is 1. The molecule has 5 rings (SSSR count). The van der Waals surface area contributed by atoms with Crippen LogP contribution in [0.25, 0.3) is 33.5 Å². The molecular formula is C29H22F5N5O2. The molecule has 0 spiro atoms. The van der Waals surface area contributed by atoms with Gasteiger partial charge in [-0.05, 0) is 42.0 Å². The van der Waals surface area contributed by atoms with Crippen LogP contribution in [0.5, 0.6) is 5.75 Å². The lowest BCUT2D eigenvalue weighted by Gasteiger charge is -2.17. The quantitative estimate of drug-likeness (QED) is 0.180. The summed E-state index contributed by atoms with van der Waals surface area (Å²) in [7, 11) is 0. The molecule has 1 aromatic carbocycles.